The van der Waals surface area contributed by atoms with E-state index >= 15 is 0 Å². The first kappa shape index (κ1) is 19.5. The van der Waals surface area contributed by atoms with Crippen molar-refractivity contribution in [2.75, 3.05) is 38.3 Å². The normalized spacial score (nSPS) is 14.5. The molecule has 1 saturated heterocycles. The van der Waals surface area contributed by atoms with Crippen molar-refractivity contribution >= 4 is 28.1 Å². The third-order valence-corrected chi connectivity index (χ3v) is 5.53. The zero-order valence-electron chi connectivity index (χ0n) is 16.2. The molecule has 4 rings (SSSR count). The fourth-order valence-corrected chi connectivity index (χ4v) is 3.77. The number of morpholine rings is 1. The van der Waals surface area contributed by atoms with Gasteiger partial charge in [-0.2, -0.15) is 0 Å². The van der Waals surface area contributed by atoms with E-state index in [1.54, 1.807) is 12.4 Å². The number of carbonyl (C=O) groups is 1. The van der Waals surface area contributed by atoms with Crippen LogP contribution in [0.4, 0.5) is 10.8 Å². The Morgan fingerprint density at radius 2 is 2.14 bits per heavy atom. The summed E-state index contributed by atoms with van der Waals surface area (Å²) in [5.41, 5.74) is 4.40. The minimum absolute atomic E-state index is 0.0882. The van der Waals surface area contributed by atoms with Gasteiger partial charge in [-0.15, -0.1) is 11.3 Å². The number of carbonyl (C=O) groups excluding carboxylic acids is 1. The molecule has 8 heteroatoms. The van der Waals surface area contributed by atoms with Gasteiger partial charge >= 0.3 is 0 Å². The van der Waals surface area contributed by atoms with Crippen LogP contribution in [0.15, 0.2) is 48.1 Å². The van der Waals surface area contributed by atoms with E-state index < -0.39 is 0 Å². The first-order valence-electron chi connectivity index (χ1n) is 9.51. The van der Waals surface area contributed by atoms with Gasteiger partial charge in [0.25, 0.3) is 5.91 Å². The molecule has 1 aliphatic rings. The SMILES string of the molecule is Cc1ccc(C(=O)NCN2CCOCC2)cc1Nc1nc(-c2cccnc2)cs1. The van der Waals surface area contributed by atoms with Crippen molar-refractivity contribution < 1.29 is 9.53 Å². The summed E-state index contributed by atoms with van der Waals surface area (Å²) in [6.07, 6.45) is 3.54. The van der Waals surface area contributed by atoms with Crippen LogP contribution < -0.4 is 10.6 Å². The molecule has 29 heavy (non-hydrogen) atoms. The van der Waals surface area contributed by atoms with E-state index in [1.165, 1.54) is 11.3 Å². The number of thiazole rings is 1. The number of benzene rings is 1. The molecule has 3 heterocycles. The van der Waals surface area contributed by atoms with Gasteiger partial charge in [0.05, 0.1) is 25.6 Å². The van der Waals surface area contributed by atoms with Gasteiger partial charge in [0, 0.05) is 47.7 Å². The van der Waals surface area contributed by atoms with Crippen LogP contribution >= 0.6 is 11.3 Å². The lowest BCUT2D eigenvalue weighted by Gasteiger charge is -2.26. The van der Waals surface area contributed by atoms with E-state index in [1.807, 2.05) is 42.6 Å². The summed E-state index contributed by atoms with van der Waals surface area (Å²) in [5.74, 6) is -0.0882. The number of pyridine rings is 1. The maximum absolute atomic E-state index is 12.6. The highest BCUT2D eigenvalue weighted by atomic mass is 32.1. The molecule has 0 bridgehead atoms. The van der Waals surface area contributed by atoms with E-state index in [0.29, 0.717) is 25.4 Å². The van der Waals surface area contributed by atoms with Gasteiger partial charge in [0.1, 0.15) is 0 Å². The van der Waals surface area contributed by atoms with E-state index in [0.717, 1.165) is 40.7 Å². The highest BCUT2D eigenvalue weighted by molar-refractivity contribution is 7.14. The summed E-state index contributed by atoms with van der Waals surface area (Å²) in [6, 6.07) is 9.54. The lowest BCUT2D eigenvalue weighted by atomic mass is 10.1. The van der Waals surface area contributed by atoms with Crippen molar-refractivity contribution in [1.29, 1.82) is 0 Å². The molecular weight excluding hydrogens is 386 g/mol. The first-order valence-corrected chi connectivity index (χ1v) is 10.4. The van der Waals surface area contributed by atoms with Crippen LogP contribution in [-0.4, -0.2) is 53.7 Å². The number of aryl methyl sites for hydroxylation is 1. The Kier molecular flexibility index (Phi) is 6.14. The first-order chi connectivity index (χ1) is 14.2. The van der Waals surface area contributed by atoms with Crippen LogP contribution in [0.1, 0.15) is 15.9 Å². The largest absolute Gasteiger partial charge is 0.379 e. The van der Waals surface area contributed by atoms with Crippen molar-refractivity contribution in [3.8, 4) is 11.3 Å². The molecule has 0 spiro atoms. The Labute approximate surface area is 173 Å². The smallest absolute Gasteiger partial charge is 0.252 e. The highest BCUT2D eigenvalue weighted by Crippen LogP contribution is 2.28. The number of hydrogen-bond acceptors (Lipinski definition) is 7. The molecule has 0 unspecified atom stereocenters. The quantitative estimate of drug-likeness (QED) is 0.651. The number of hydrogen-bond donors (Lipinski definition) is 2. The minimum atomic E-state index is -0.0882. The third-order valence-electron chi connectivity index (χ3n) is 4.77. The predicted octanol–water partition coefficient (Wildman–Crippen LogP) is 3.28. The molecule has 0 aliphatic carbocycles. The number of nitrogens with zero attached hydrogens (tertiary/aromatic N) is 3. The molecule has 0 radical (unpaired) electrons. The second-order valence-electron chi connectivity index (χ2n) is 6.83. The number of anilines is 2. The summed E-state index contributed by atoms with van der Waals surface area (Å²) in [4.78, 5) is 23.5. The molecule has 2 aromatic heterocycles. The standard InChI is InChI=1S/C21H23N5O2S/c1-15-4-5-16(20(27)23-14-26-7-9-28-10-8-26)11-18(15)24-21-25-19(13-29-21)17-3-2-6-22-12-17/h2-6,11-13H,7-10,14H2,1H3,(H,23,27)(H,24,25). The van der Waals surface area contributed by atoms with E-state index in [4.69, 9.17) is 4.74 Å². The molecule has 1 amide bonds. The summed E-state index contributed by atoms with van der Waals surface area (Å²) in [5, 5.41) is 9.10. The van der Waals surface area contributed by atoms with Gasteiger partial charge in [0.15, 0.2) is 5.13 Å². The summed E-state index contributed by atoms with van der Waals surface area (Å²) in [6.45, 7) is 5.63. The fraction of sp³-hybridized carbons (Fsp3) is 0.286. The predicted molar refractivity (Wildman–Crippen MR) is 115 cm³/mol. The summed E-state index contributed by atoms with van der Waals surface area (Å²) in [7, 11) is 0. The Balaban J connectivity index is 1.43. The third kappa shape index (κ3) is 4.97. The Morgan fingerprint density at radius 3 is 2.93 bits per heavy atom. The second-order valence-corrected chi connectivity index (χ2v) is 7.69. The monoisotopic (exact) mass is 409 g/mol. The zero-order chi connectivity index (χ0) is 20.1. The van der Waals surface area contributed by atoms with Crippen molar-refractivity contribution in [2.24, 2.45) is 0 Å². The molecule has 1 fully saturated rings. The molecule has 0 atom stereocenters. The molecule has 1 aliphatic heterocycles. The second kappa shape index (κ2) is 9.13. The van der Waals surface area contributed by atoms with Crippen molar-refractivity contribution in [1.82, 2.24) is 20.2 Å². The lowest BCUT2D eigenvalue weighted by molar-refractivity contribution is 0.0334. The van der Waals surface area contributed by atoms with Gasteiger partial charge in [-0.1, -0.05) is 6.07 Å². The Hall–Kier alpha value is -2.81. The highest BCUT2D eigenvalue weighted by Gasteiger charge is 2.13. The average Bonchev–Trinajstić information content (AvgIpc) is 3.23. The van der Waals surface area contributed by atoms with Crippen LogP contribution in [0.5, 0.6) is 0 Å². The lowest BCUT2D eigenvalue weighted by Crippen LogP contribution is -2.43. The summed E-state index contributed by atoms with van der Waals surface area (Å²) < 4.78 is 5.34. The van der Waals surface area contributed by atoms with Crippen molar-refractivity contribution in [3.05, 3.63) is 59.2 Å². The van der Waals surface area contributed by atoms with Crippen LogP contribution in [0.25, 0.3) is 11.3 Å². The molecule has 7 nitrogen and oxygen atoms in total. The van der Waals surface area contributed by atoms with Crippen LogP contribution in [0, 0.1) is 6.92 Å². The number of rotatable bonds is 6. The van der Waals surface area contributed by atoms with Crippen molar-refractivity contribution in [2.45, 2.75) is 6.92 Å². The number of amides is 1. The fourth-order valence-electron chi connectivity index (χ4n) is 3.04. The summed E-state index contributed by atoms with van der Waals surface area (Å²) >= 11 is 1.52. The van der Waals surface area contributed by atoms with Gasteiger partial charge < -0.3 is 15.4 Å². The number of nitrogens with one attached hydrogen (secondary N) is 2. The van der Waals surface area contributed by atoms with Gasteiger partial charge in [-0.3, -0.25) is 14.7 Å². The minimum Gasteiger partial charge on any atom is -0.379 e. The maximum Gasteiger partial charge on any atom is 0.252 e. The molecule has 3 aromatic rings. The maximum atomic E-state index is 12.6. The topological polar surface area (TPSA) is 79.4 Å². The van der Waals surface area contributed by atoms with Gasteiger partial charge in [-0.25, -0.2) is 4.98 Å². The van der Waals surface area contributed by atoms with E-state index in [9.17, 15) is 4.79 Å². The van der Waals surface area contributed by atoms with Gasteiger partial charge in [-0.05, 0) is 36.8 Å². The van der Waals surface area contributed by atoms with E-state index in [2.05, 4.69) is 25.5 Å². The molecule has 1 aromatic carbocycles. The molecule has 150 valence electrons. The van der Waals surface area contributed by atoms with E-state index in [-0.39, 0.29) is 5.91 Å². The zero-order valence-corrected chi connectivity index (χ0v) is 17.0. The van der Waals surface area contributed by atoms with Gasteiger partial charge in [0.2, 0.25) is 0 Å². The van der Waals surface area contributed by atoms with Crippen molar-refractivity contribution in [3.63, 3.8) is 0 Å². The molecular formula is C21H23N5O2S. The molecule has 2 N–H and O–H groups in total. The number of aromatic nitrogens is 2. The van der Waals surface area contributed by atoms with Crippen LogP contribution in [0.2, 0.25) is 0 Å². The van der Waals surface area contributed by atoms with Crippen LogP contribution in [0.3, 0.4) is 0 Å². The number of ether oxygens (including phenoxy) is 1. The Bertz CT molecular complexity index is 970. The molecule has 0 saturated carbocycles. The van der Waals surface area contributed by atoms with Crippen LogP contribution in [-0.2, 0) is 4.74 Å². The average molecular weight is 410 g/mol. The Morgan fingerprint density at radius 1 is 1.28 bits per heavy atom.